The zero-order valence-electron chi connectivity index (χ0n) is 25.6. The average molecular weight is 577 g/mol. The maximum atomic E-state index is 13.2. The van der Waals surface area contributed by atoms with Crippen LogP contribution in [0.3, 0.4) is 0 Å². The molecule has 0 bridgehead atoms. The molecule has 6 nitrogen and oxygen atoms in total. The highest BCUT2D eigenvalue weighted by Crippen LogP contribution is 2.32. The van der Waals surface area contributed by atoms with Gasteiger partial charge in [-0.2, -0.15) is 0 Å². The molecule has 1 aromatic rings. The molecule has 2 amide bonds. The maximum absolute atomic E-state index is 13.2. The lowest BCUT2D eigenvalue weighted by molar-refractivity contribution is -0.141. The number of aliphatic carboxylic acids is 1. The largest absolute Gasteiger partial charge is 0.481 e. The fourth-order valence-corrected chi connectivity index (χ4v) is 6.07. The minimum Gasteiger partial charge on any atom is -0.481 e. The molecule has 0 radical (unpaired) electrons. The molecule has 1 aromatic carbocycles. The van der Waals surface area contributed by atoms with Gasteiger partial charge in [0.1, 0.15) is 6.04 Å². The first-order chi connectivity index (χ1) is 19.2. The van der Waals surface area contributed by atoms with Crippen LogP contribution < -0.4 is 10.6 Å². The van der Waals surface area contributed by atoms with Crippen LogP contribution in [-0.4, -0.2) is 40.7 Å². The van der Waals surface area contributed by atoms with Gasteiger partial charge < -0.3 is 15.7 Å². The summed E-state index contributed by atoms with van der Waals surface area (Å²) in [6.45, 7) is 6.14. The van der Waals surface area contributed by atoms with Crippen LogP contribution in [0.4, 0.5) is 0 Å². The SMILES string of the molecule is CCCCCCCCCCCCCCCCC(CC(=O)O)C(=O)N[C@@H](C(=O)NC)C(C)(C)SCc1ccccc1. The normalized spacial score (nSPS) is 13.0. The zero-order valence-corrected chi connectivity index (χ0v) is 26.5. The minimum absolute atomic E-state index is 0.220. The molecular weight excluding hydrogens is 520 g/mol. The predicted octanol–water partition coefficient (Wildman–Crippen LogP) is 7.89. The van der Waals surface area contributed by atoms with Crippen molar-refractivity contribution in [2.45, 2.75) is 140 Å². The number of hydrogen-bond acceptors (Lipinski definition) is 4. The van der Waals surface area contributed by atoms with Crippen LogP contribution in [-0.2, 0) is 20.1 Å². The van der Waals surface area contributed by atoms with Gasteiger partial charge >= 0.3 is 5.97 Å². The van der Waals surface area contributed by atoms with E-state index in [9.17, 15) is 19.5 Å². The molecule has 0 saturated heterocycles. The number of carbonyl (C=O) groups excluding carboxylic acids is 2. The smallest absolute Gasteiger partial charge is 0.304 e. The van der Waals surface area contributed by atoms with Crippen molar-refractivity contribution in [2.24, 2.45) is 5.92 Å². The van der Waals surface area contributed by atoms with Gasteiger partial charge in [-0.05, 0) is 25.8 Å². The van der Waals surface area contributed by atoms with E-state index >= 15 is 0 Å². The van der Waals surface area contributed by atoms with Crippen molar-refractivity contribution in [1.29, 1.82) is 0 Å². The molecule has 1 unspecified atom stereocenters. The van der Waals surface area contributed by atoms with Crippen LogP contribution in [0.1, 0.15) is 129 Å². The van der Waals surface area contributed by atoms with Crippen LogP contribution >= 0.6 is 11.8 Å². The third-order valence-corrected chi connectivity index (χ3v) is 9.10. The van der Waals surface area contributed by atoms with E-state index < -0.39 is 22.7 Å². The first-order valence-electron chi connectivity index (χ1n) is 15.6. The summed E-state index contributed by atoms with van der Waals surface area (Å²) < 4.78 is -0.589. The molecule has 0 aromatic heterocycles. The minimum atomic E-state index is -0.986. The Morgan fingerprint density at radius 2 is 1.30 bits per heavy atom. The lowest BCUT2D eigenvalue weighted by atomic mass is 9.94. The zero-order chi connectivity index (χ0) is 29.6. The first kappa shape index (κ1) is 36.0. The number of amides is 2. The highest BCUT2D eigenvalue weighted by molar-refractivity contribution is 7.99. The molecule has 0 fully saturated rings. The fourth-order valence-electron chi connectivity index (χ4n) is 5.01. The Bertz CT molecular complexity index is 831. The number of rotatable bonds is 24. The Morgan fingerprint density at radius 1 is 0.800 bits per heavy atom. The summed E-state index contributed by atoms with van der Waals surface area (Å²) in [5.74, 6) is -1.55. The van der Waals surface area contributed by atoms with Crippen LogP contribution in [0.5, 0.6) is 0 Å². The number of carbonyl (C=O) groups is 3. The van der Waals surface area contributed by atoms with Gasteiger partial charge in [0.2, 0.25) is 11.8 Å². The molecule has 228 valence electrons. The van der Waals surface area contributed by atoms with Crippen molar-refractivity contribution in [1.82, 2.24) is 10.6 Å². The van der Waals surface area contributed by atoms with Crippen molar-refractivity contribution in [3.63, 3.8) is 0 Å². The second kappa shape index (κ2) is 21.7. The second-order valence-corrected chi connectivity index (χ2v) is 13.2. The number of likely N-dealkylation sites (N-methyl/N-ethyl adjacent to an activating group) is 1. The number of carboxylic acid groups (broad SMARTS) is 1. The topological polar surface area (TPSA) is 95.5 Å². The standard InChI is InChI=1S/C33H56N2O4S/c1-5-6-7-8-9-10-11-12-13-14-15-16-17-21-24-28(25-29(36)37)31(38)35-30(32(39)34-4)33(2,3)40-26-27-22-19-18-20-23-27/h18-20,22-23,28,30H,5-17,21,24-26H2,1-4H3,(H,34,39)(H,35,38)(H,36,37)/t28?,30-/m0/s1. The van der Waals surface area contributed by atoms with E-state index in [1.54, 1.807) is 18.8 Å². The molecule has 0 heterocycles. The van der Waals surface area contributed by atoms with Crippen molar-refractivity contribution >= 4 is 29.5 Å². The van der Waals surface area contributed by atoms with Gasteiger partial charge in [-0.1, -0.05) is 127 Å². The molecule has 0 spiro atoms. The van der Waals surface area contributed by atoms with Gasteiger partial charge in [-0.25, -0.2) is 0 Å². The van der Waals surface area contributed by atoms with E-state index in [0.29, 0.717) is 12.2 Å². The number of thioether (sulfide) groups is 1. The van der Waals surface area contributed by atoms with Gasteiger partial charge in [-0.3, -0.25) is 14.4 Å². The van der Waals surface area contributed by atoms with E-state index in [4.69, 9.17) is 0 Å². The Labute approximate surface area is 248 Å². The van der Waals surface area contributed by atoms with Crippen molar-refractivity contribution in [3.05, 3.63) is 35.9 Å². The van der Waals surface area contributed by atoms with E-state index in [0.717, 1.165) is 24.8 Å². The van der Waals surface area contributed by atoms with Gasteiger partial charge in [0.05, 0.1) is 6.42 Å². The summed E-state index contributed by atoms with van der Waals surface area (Å²) >= 11 is 1.60. The van der Waals surface area contributed by atoms with Gasteiger partial charge in [0.15, 0.2) is 0 Å². The highest BCUT2D eigenvalue weighted by Gasteiger charge is 2.38. The second-order valence-electron chi connectivity index (χ2n) is 11.6. The molecule has 0 aliphatic rings. The number of unbranched alkanes of at least 4 members (excludes halogenated alkanes) is 13. The molecule has 3 N–H and O–H groups in total. The summed E-state index contributed by atoms with van der Waals surface area (Å²) in [6.07, 6.45) is 17.8. The van der Waals surface area contributed by atoms with E-state index in [-0.39, 0.29) is 18.2 Å². The lowest BCUT2D eigenvalue weighted by Crippen LogP contribution is -2.57. The lowest BCUT2D eigenvalue weighted by Gasteiger charge is -2.34. The third kappa shape index (κ3) is 16.3. The Balaban J connectivity index is 2.45. The first-order valence-corrected chi connectivity index (χ1v) is 16.6. The molecule has 40 heavy (non-hydrogen) atoms. The molecule has 0 aliphatic heterocycles. The summed E-state index contributed by atoms with van der Waals surface area (Å²) in [6, 6.07) is 9.23. The molecule has 7 heteroatoms. The third-order valence-electron chi connectivity index (χ3n) is 7.64. The summed E-state index contributed by atoms with van der Waals surface area (Å²) in [5, 5.41) is 15.0. The maximum Gasteiger partial charge on any atom is 0.304 e. The Hall–Kier alpha value is -2.02. The average Bonchev–Trinajstić information content (AvgIpc) is 2.94. The van der Waals surface area contributed by atoms with Crippen LogP contribution in [0.25, 0.3) is 0 Å². The number of nitrogens with one attached hydrogen (secondary N) is 2. The molecule has 0 saturated carbocycles. The summed E-state index contributed by atoms with van der Waals surface area (Å²) in [7, 11) is 1.56. The molecule has 1 rings (SSSR count). The molecular formula is C33H56N2O4S. The Kier molecular flexibility index (Phi) is 19.5. The van der Waals surface area contributed by atoms with E-state index in [2.05, 4.69) is 17.6 Å². The summed E-state index contributed by atoms with van der Waals surface area (Å²) in [4.78, 5) is 37.6. The molecule has 0 aliphatic carbocycles. The highest BCUT2D eigenvalue weighted by atomic mass is 32.2. The quantitative estimate of drug-likeness (QED) is 0.109. The Morgan fingerprint density at radius 3 is 1.77 bits per heavy atom. The van der Waals surface area contributed by atoms with Crippen LogP contribution in [0.2, 0.25) is 0 Å². The number of carboxylic acids is 1. The van der Waals surface area contributed by atoms with Gasteiger partial charge in [-0.15, -0.1) is 11.8 Å². The van der Waals surface area contributed by atoms with E-state index in [1.165, 1.54) is 70.6 Å². The summed E-state index contributed by atoms with van der Waals surface area (Å²) in [5.41, 5.74) is 1.14. The molecule has 2 atom stereocenters. The van der Waals surface area contributed by atoms with Crippen molar-refractivity contribution < 1.29 is 19.5 Å². The van der Waals surface area contributed by atoms with Gasteiger partial charge in [0.25, 0.3) is 0 Å². The van der Waals surface area contributed by atoms with Gasteiger partial charge in [0, 0.05) is 23.5 Å². The van der Waals surface area contributed by atoms with E-state index in [1.807, 2.05) is 44.2 Å². The van der Waals surface area contributed by atoms with Crippen molar-refractivity contribution in [2.75, 3.05) is 7.05 Å². The van der Waals surface area contributed by atoms with Crippen LogP contribution in [0, 0.1) is 5.92 Å². The number of hydrogen-bond donors (Lipinski definition) is 3. The predicted molar refractivity (Wildman–Crippen MR) is 168 cm³/mol. The van der Waals surface area contributed by atoms with Crippen molar-refractivity contribution in [3.8, 4) is 0 Å². The monoisotopic (exact) mass is 576 g/mol. The number of benzene rings is 1. The van der Waals surface area contributed by atoms with Crippen LogP contribution in [0.15, 0.2) is 30.3 Å². The fraction of sp³-hybridized carbons (Fsp3) is 0.727.